The van der Waals surface area contributed by atoms with Gasteiger partial charge in [-0.05, 0) is 29.8 Å². The molecule has 0 saturated heterocycles. The Morgan fingerprint density at radius 1 is 1.08 bits per heavy atom. The van der Waals surface area contributed by atoms with Crippen LogP contribution in [0.5, 0.6) is 0 Å². The van der Waals surface area contributed by atoms with Gasteiger partial charge in [0.1, 0.15) is 0 Å². The van der Waals surface area contributed by atoms with Crippen LogP contribution >= 0.6 is 0 Å². The van der Waals surface area contributed by atoms with E-state index in [4.69, 9.17) is 14.9 Å². The molecule has 3 N–H and O–H groups in total. The van der Waals surface area contributed by atoms with E-state index in [0.29, 0.717) is 16.0 Å². The van der Waals surface area contributed by atoms with Crippen LogP contribution in [-0.4, -0.2) is 32.2 Å². The number of rotatable bonds is 3. The van der Waals surface area contributed by atoms with Crippen LogP contribution in [0.4, 0.5) is 0 Å². The molecule has 136 valence electrons. The molecule has 1 aliphatic heterocycles. The van der Waals surface area contributed by atoms with Crippen LogP contribution in [0.1, 0.15) is 26.3 Å². The molecule has 0 aliphatic carbocycles. The lowest BCUT2D eigenvalue weighted by atomic mass is 10.1. The standard InChI is InChI=1S/C16H14N2O3S.H2N2O2/c1-22(17,21)12-8-6-11(7-9-12)10-18-15(19)13-4-2-3-5-14(13)16(18)20;1-2(3)4/h2-9,17H,10H2,1H3;1H2. The van der Waals surface area contributed by atoms with Gasteiger partial charge in [0.2, 0.25) is 0 Å². The Kier molecular flexibility index (Phi) is 5.36. The number of nitrogens with zero attached hydrogens (tertiary/aromatic N) is 2. The quantitative estimate of drug-likeness (QED) is 0.360. The molecule has 0 aromatic heterocycles. The van der Waals surface area contributed by atoms with Crippen molar-refractivity contribution in [1.29, 1.82) is 4.78 Å². The van der Waals surface area contributed by atoms with Crippen molar-refractivity contribution in [3.63, 3.8) is 0 Å². The van der Waals surface area contributed by atoms with Crippen molar-refractivity contribution < 1.29 is 18.8 Å². The highest BCUT2D eigenvalue weighted by Crippen LogP contribution is 2.24. The van der Waals surface area contributed by atoms with Gasteiger partial charge < -0.3 is 0 Å². The number of nitrogens with one attached hydrogen (secondary N) is 1. The van der Waals surface area contributed by atoms with Gasteiger partial charge in [-0.1, -0.05) is 24.3 Å². The first-order valence-electron chi connectivity index (χ1n) is 7.28. The fraction of sp³-hybridized carbons (Fsp3) is 0.125. The first-order chi connectivity index (χ1) is 12.1. The van der Waals surface area contributed by atoms with Crippen LogP contribution in [0.2, 0.25) is 0 Å². The second-order valence-corrected chi connectivity index (χ2v) is 7.67. The molecule has 0 bridgehead atoms. The van der Waals surface area contributed by atoms with Crippen molar-refractivity contribution in [2.75, 3.05) is 6.26 Å². The largest absolute Gasteiger partial charge is 0.270 e. The minimum Gasteiger partial charge on any atom is -0.270 e. The first-order valence-corrected chi connectivity index (χ1v) is 9.25. The number of fused-ring (bicyclic) bond motifs is 1. The summed E-state index contributed by atoms with van der Waals surface area (Å²) in [6, 6.07) is 13.3. The summed E-state index contributed by atoms with van der Waals surface area (Å²) in [5.74, 6) is 3.23. The van der Waals surface area contributed by atoms with Gasteiger partial charge in [0.15, 0.2) is 5.03 Å². The van der Waals surface area contributed by atoms with Crippen LogP contribution in [0.15, 0.2) is 53.4 Å². The Morgan fingerprint density at radius 3 is 1.88 bits per heavy atom. The van der Waals surface area contributed by atoms with E-state index in [1.165, 1.54) is 11.2 Å². The topological polar surface area (TPSA) is 147 Å². The lowest BCUT2D eigenvalue weighted by Gasteiger charge is -2.14. The Bertz CT molecular complexity index is 931. The monoisotopic (exact) mass is 376 g/mol. The third-order valence-electron chi connectivity index (χ3n) is 3.59. The van der Waals surface area contributed by atoms with E-state index in [2.05, 4.69) is 5.84 Å². The number of hydrogen-bond acceptors (Lipinski definition) is 6. The van der Waals surface area contributed by atoms with Crippen molar-refractivity contribution in [3.8, 4) is 0 Å². The fourth-order valence-electron chi connectivity index (χ4n) is 2.42. The predicted octanol–water partition coefficient (Wildman–Crippen LogP) is 1.66. The summed E-state index contributed by atoms with van der Waals surface area (Å²) in [7, 11) is -2.76. The lowest BCUT2D eigenvalue weighted by molar-refractivity contribution is -0.491. The lowest BCUT2D eigenvalue weighted by Crippen LogP contribution is -2.29. The minimum atomic E-state index is -2.76. The molecule has 0 spiro atoms. The van der Waals surface area contributed by atoms with Gasteiger partial charge in [-0.25, -0.2) is 19.1 Å². The van der Waals surface area contributed by atoms with Crippen LogP contribution in [0.25, 0.3) is 0 Å². The van der Waals surface area contributed by atoms with E-state index in [1.54, 1.807) is 48.5 Å². The molecule has 26 heavy (non-hydrogen) atoms. The second-order valence-electron chi connectivity index (χ2n) is 5.51. The molecular formula is C16H16N4O5S. The van der Waals surface area contributed by atoms with Crippen LogP contribution in [0.3, 0.4) is 0 Å². The number of benzene rings is 2. The number of imide groups is 1. The Labute approximate surface area is 149 Å². The summed E-state index contributed by atoms with van der Waals surface area (Å²) >= 11 is 0. The van der Waals surface area contributed by atoms with Gasteiger partial charge in [-0.15, -0.1) is 0 Å². The normalized spacial score (nSPS) is 14.9. The van der Waals surface area contributed by atoms with Crippen molar-refractivity contribution in [1.82, 2.24) is 4.90 Å². The molecule has 1 aliphatic rings. The summed E-state index contributed by atoms with van der Waals surface area (Å²) in [6.45, 7) is 0.162. The highest BCUT2D eigenvalue weighted by Gasteiger charge is 2.34. The number of carbonyl (C=O) groups is 2. The number of hydrazine groups is 1. The molecule has 1 atom stereocenters. The fourth-order valence-corrected chi connectivity index (χ4v) is 3.08. The Hall–Kier alpha value is -3.27. The molecular weight excluding hydrogens is 360 g/mol. The zero-order valence-electron chi connectivity index (χ0n) is 13.7. The zero-order chi connectivity index (χ0) is 19.5. The van der Waals surface area contributed by atoms with E-state index >= 15 is 0 Å². The van der Waals surface area contributed by atoms with Gasteiger partial charge in [0.05, 0.1) is 27.4 Å². The maximum absolute atomic E-state index is 12.3. The average Bonchev–Trinajstić information content (AvgIpc) is 2.80. The highest BCUT2D eigenvalue weighted by molar-refractivity contribution is 7.91. The van der Waals surface area contributed by atoms with E-state index in [9.17, 15) is 13.8 Å². The average molecular weight is 376 g/mol. The summed E-state index contributed by atoms with van der Waals surface area (Å²) in [6.07, 6.45) is 1.35. The van der Waals surface area contributed by atoms with Crippen LogP contribution in [-0.2, 0) is 16.3 Å². The first kappa shape index (κ1) is 19.1. The van der Waals surface area contributed by atoms with Crippen LogP contribution in [0, 0.1) is 14.9 Å². The maximum atomic E-state index is 12.3. The number of carbonyl (C=O) groups excluding carboxylic acids is 2. The number of nitrogens with two attached hydrogens (primary N) is 1. The smallest absolute Gasteiger partial charge is 0.261 e. The van der Waals surface area contributed by atoms with Crippen molar-refractivity contribution in [3.05, 3.63) is 75.3 Å². The summed E-state index contributed by atoms with van der Waals surface area (Å²) in [5, 5.41) is 7.58. The molecule has 9 nitrogen and oxygen atoms in total. The van der Waals surface area contributed by atoms with Crippen LogP contribution < -0.4 is 5.84 Å². The summed E-state index contributed by atoms with van der Waals surface area (Å²) < 4.78 is 19.2. The SMILES string of the molecule is CS(=N)(=O)c1ccc(CN2C(=O)c3ccccc3C2=O)cc1.N[N+](=O)[O-]. The molecule has 1 unspecified atom stereocenters. The van der Waals surface area contributed by atoms with E-state index < -0.39 is 14.8 Å². The molecule has 1 heterocycles. The van der Waals surface area contributed by atoms with Gasteiger partial charge in [-0.3, -0.25) is 14.5 Å². The van der Waals surface area contributed by atoms with Gasteiger partial charge in [-0.2, -0.15) is 5.84 Å². The molecule has 3 rings (SSSR count). The molecule has 2 aromatic rings. The third kappa shape index (κ3) is 4.22. The van der Waals surface area contributed by atoms with E-state index in [0.717, 1.165) is 5.56 Å². The molecule has 0 radical (unpaired) electrons. The molecule has 0 saturated carbocycles. The Balaban J connectivity index is 0.000000552. The van der Waals surface area contributed by atoms with E-state index in [1.807, 2.05) is 0 Å². The molecule has 2 aromatic carbocycles. The molecule has 10 heteroatoms. The van der Waals surface area contributed by atoms with Gasteiger partial charge >= 0.3 is 0 Å². The van der Waals surface area contributed by atoms with Gasteiger partial charge in [0, 0.05) is 11.2 Å². The van der Waals surface area contributed by atoms with Crippen molar-refractivity contribution >= 4 is 21.5 Å². The van der Waals surface area contributed by atoms with Gasteiger partial charge in [0.25, 0.3) is 11.8 Å². The summed E-state index contributed by atoms with van der Waals surface area (Å²) in [5.41, 5.74) is 1.60. The Morgan fingerprint density at radius 2 is 1.50 bits per heavy atom. The highest BCUT2D eigenvalue weighted by atomic mass is 32.2. The summed E-state index contributed by atoms with van der Waals surface area (Å²) in [4.78, 5) is 34.7. The molecule has 2 amide bonds. The molecule has 0 fully saturated rings. The van der Waals surface area contributed by atoms with Crippen molar-refractivity contribution in [2.45, 2.75) is 11.4 Å². The van der Waals surface area contributed by atoms with Crippen molar-refractivity contribution in [2.24, 2.45) is 5.84 Å². The van der Waals surface area contributed by atoms with E-state index in [-0.39, 0.29) is 18.4 Å². The predicted molar refractivity (Wildman–Crippen MR) is 93.3 cm³/mol. The maximum Gasteiger partial charge on any atom is 0.261 e. The number of nitro groups is 1. The zero-order valence-corrected chi connectivity index (χ0v) is 14.6. The number of hydrogen-bond donors (Lipinski definition) is 2. The minimum absolute atomic E-state index is 0.162. The third-order valence-corrected chi connectivity index (χ3v) is 4.76. The number of amides is 2. The second kappa shape index (κ2) is 7.31.